The van der Waals surface area contributed by atoms with Crippen molar-refractivity contribution in [2.75, 3.05) is 5.32 Å². The molecule has 0 heterocycles. The summed E-state index contributed by atoms with van der Waals surface area (Å²) in [7, 11) is 0. The van der Waals surface area contributed by atoms with Gasteiger partial charge in [-0.15, -0.1) is 0 Å². The number of phenolic OH excluding ortho intramolecular Hbond substituents is 1. The van der Waals surface area contributed by atoms with Crippen LogP contribution in [0.3, 0.4) is 0 Å². The van der Waals surface area contributed by atoms with Gasteiger partial charge in [0.1, 0.15) is 5.75 Å². The highest BCUT2D eigenvalue weighted by atomic mass is 35.5. The molecule has 0 aliphatic rings. The van der Waals surface area contributed by atoms with E-state index in [0.717, 1.165) is 5.56 Å². The highest BCUT2D eigenvalue weighted by molar-refractivity contribution is 6.34. The average molecular weight is 287 g/mol. The van der Waals surface area contributed by atoms with Gasteiger partial charge in [0.15, 0.2) is 0 Å². The van der Waals surface area contributed by atoms with E-state index in [-0.39, 0.29) is 16.3 Å². The van der Waals surface area contributed by atoms with E-state index in [1.54, 1.807) is 18.2 Å². The molecule has 0 bridgehead atoms. The number of anilines is 1. The second kappa shape index (κ2) is 5.64. The fourth-order valence-electron chi connectivity index (χ4n) is 1.71. The number of aryl methyl sites for hydroxylation is 1. The first-order valence-corrected chi connectivity index (χ1v) is 6.19. The summed E-state index contributed by atoms with van der Waals surface area (Å²) in [6.45, 7) is 1.82. The molecule has 5 heteroatoms. The van der Waals surface area contributed by atoms with E-state index in [4.69, 9.17) is 16.9 Å². The van der Waals surface area contributed by atoms with Crippen LogP contribution in [0.25, 0.3) is 0 Å². The summed E-state index contributed by atoms with van der Waals surface area (Å²) in [5, 5.41) is 21.4. The van der Waals surface area contributed by atoms with Gasteiger partial charge in [-0.25, -0.2) is 0 Å². The van der Waals surface area contributed by atoms with Crippen LogP contribution in [0.1, 0.15) is 21.5 Å². The predicted octanol–water partition coefficient (Wildman–Crippen LogP) is 3.48. The lowest BCUT2D eigenvalue weighted by molar-refractivity contribution is 0.102. The van der Waals surface area contributed by atoms with Crippen LogP contribution in [0.2, 0.25) is 5.02 Å². The van der Waals surface area contributed by atoms with Gasteiger partial charge in [-0.05, 0) is 42.8 Å². The van der Waals surface area contributed by atoms with Gasteiger partial charge in [-0.1, -0.05) is 17.7 Å². The van der Waals surface area contributed by atoms with Gasteiger partial charge < -0.3 is 10.4 Å². The number of nitriles is 1. The molecule has 4 nitrogen and oxygen atoms in total. The van der Waals surface area contributed by atoms with Crippen molar-refractivity contribution in [1.29, 1.82) is 5.26 Å². The first-order chi connectivity index (χ1) is 9.51. The van der Waals surface area contributed by atoms with E-state index < -0.39 is 5.91 Å². The Morgan fingerprint density at radius 2 is 2.05 bits per heavy atom. The van der Waals surface area contributed by atoms with Gasteiger partial charge in [0.2, 0.25) is 0 Å². The molecule has 2 rings (SSSR count). The molecule has 1 amide bonds. The summed E-state index contributed by atoms with van der Waals surface area (Å²) in [5.74, 6) is -0.554. The van der Waals surface area contributed by atoms with Gasteiger partial charge in [0.25, 0.3) is 5.91 Å². The fourth-order valence-corrected chi connectivity index (χ4v) is 1.94. The van der Waals surface area contributed by atoms with Crippen LogP contribution in [0.5, 0.6) is 5.75 Å². The molecule has 0 aliphatic carbocycles. The minimum absolute atomic E-state index is 0.0905. The van der Waals surface area contributed by atoms with Crippen LogP contribution in [0.15, 0.2) is 36.4 Å². The Balaban J connectivity index is 2.26. The third-order valence-corrected chi connectivity index (χ3v) is 3.06. The number of carbonyl (C=O) groups excluding carboxylic acids is 1. The molecule has 0 aromatic heterocycles. The van der Waals surface area contributed by atoms with Crippen molar-refractivity contribution in [3.63, 3.8) is 0 Å². The van der Waals surface area contributed by atoms with Crippen LogP contribution in [-0.2, 0) is 0 Å². The molecule has 100 valence electrons. The molecule has 20 heavy (non-hydrogen) atoms. The van der Waals surface area contributed by atoms with Gasteiger partial charge >= 0.3 is 0 Å². The number of rotatable bonds is 2. The SMILES string of the molecule is Cc1ccc(C(=O)Nc2ccc(C#N)cc2Cl)c(O)c1. The Labute approximate surface area is 121 Å². The Morgan fingerprint density at radius 1 is 1.30 bits per heavy atom. The number of aromatic hydroxyl groups is 1. The Hall–Kier alpha value is -2.51. The molecule has 0 spiro atoms. The Kier molecular flexibility index (Phi) is 3.92. The van der Waals surface area contributed by atoms with Crippen molar-refractivity contribution in [1.82, 2.24) is 0 Å². The molecule has 0 saturated heterocycles. The fraction of sp³-hybridized carbons (Fsp3) is 0.0667. The van der Waals surface area contributed by atoms with Crippen molar-refractivity contribution in [2.45, 2.75) is 6.92 Å². The topological polar surface area (TPSA) is 73.1 Å². The standard InChI is InChI=1S/C15H11ClN2O2/c1-9-2-4-11(14(19)6-9)15(20)18-13-5-3-10(8-17)7-12(13)16/h2-7,19H,1H3,(H,18,20). The lowest BCUT2D eigenvalue weighted by Gasteiger charge is -2.09. The summed E-state index contributed by atoms with van der Waals surface area (Å²) in [6, 6.07) is 11.3. The molecular formula is C15H11ClN2O2. The second-order valence-electron chi connectivity index (χ2n) is 4.28. The highest BCUT2D eigenvalue weighted by Gasteiger charge is 2.13. The molecular weight excluding hydrogens is 276 g/mol. The van der Waals surface area contributed by atoms with E-state index in [0.29, 0.717) is 11.3 Å². The van der Waals surface area contributed by atoms with E-state index >= 15 is 0 Å². The van der Waals surface area contributed by atoms with E-state index in [1.807, 2.05) is 13.0 Å². The number of carbonyl (C=O) groups is 1. The molecule has 0 atom stereocenters. The first kappa shape index (κ1) is 13.9. The normalized spacial score (nSPS) is 9.85. The van der Waals surface area contributed by atoms with Gasteiger partial charge in [0.05, 0.1) is 27.9 Å². The van der Waals surface area contributed by atoms with Crippen LogP contribution < -0.4 is 5.32 Å². The molecule has 0 saturated carbocycles. The number of phenols is 1. The summed E-state index contributed by atoms with van der Waals surface area (Å²) in [4.78, 5) is 12.1. The van der Waals surface area contributed by atoms with Crippen LogP contribution in [-0.4, -0.2) is 11.0 Å². The molecule has 2 aromatic rings. The second-order valence-corrected chi connectivity index (χ2v) is 4.69. The number of halogens is 1. The third-order valence-electron chi connectivity index (χ3n) is 2.74. The Bertz CT molecular complexity index is 720. The summed E-state index contributed by atoms with van der Waals surface area (Å²) < 4.78 is 0. The van der Waals surface area contributed by atoms with Crippen LogP contribution in [0.4, 0.5) is 5.69 Å². The first-order valence-electron chi connectivity index (χ1n) is 5.82. The maximum atomic E-state index is 12.1. The molecule has 2 aromatic carbocycles. The third kappa shape index (κ3) is 2.90. The smallest absolute Gasteiger partial charge is 0.259 e. The zero-order valence-corrected chi connectivity index (χ0v) is 11.4. The predicted molar refractivity (Wildman–Crippen MR) is 77.0 cm³/mol. The zero-order valence-electron chi connectivity index (χ0n) is 10.6. The van der Waals surface area contributed by atoms with Gasteiger partial charge in [-0.2, -0.15) is 5.26 Å². The largest absolute Gasteiger partial charge is 0.507 e. The van der Waals surface area contributed by atoms with Crippen molar-refractivity contribution in [3.05, 3.63) is 58.1 Å². The Morgan fingerprint density at radius 3 is 2.65 bits per heavy atom. The summed E-state index contributed by atoms with van der Waals surface area (Å²) >= 11 is 5.98. The van der Waals surface area contributed by atoms with Crippen molar-refractivity contribution in [2.24, 2.45) is 0 Å². The van der Waals surface area contributed by atoms with Crippen molar-refractivity contribution in [3.8, 4) is 11.8 Å². The number of hydrogen-bond donors (Lipinski definition) is 2. The molecule has 0 radical (unpaired) electrons. The number of amides is 1. The summed E-state index contributed by atoms with van der Waals surface area (Å²) in [6.07, 6.45) is 0. The highest BCUT2D eigenvalue weighted by Crippen LogP contribution is 2.25. The van der Waals surface area contributed by atoms with E-state index in [1.165, 1.54) is 18.2 Å². The van der Waals surface area contributed by atoms with Crippen LogP contribution in [0, 0.1) is 18.3 Å². The maximum Gasteiger partial charge on any atom is 0.259 e. The van der Waals surface area contributed by atoms with Gasteiger partial charge in [-0.3, -0.25) is 4.79 Å². The number of hydrogen-bond acceptors (Lipinski definition) is 3. The minimum Gasteiger partial charge on any atom is -0.507 e. The number of benzene rings is 2. The van der Waals surface area contributed by atoms with Crippen LogP contribution >= 0.6 is 11.6 Å². The lowest BCUT2D eigenvalue weighted by atomic mass is 10.1. The summed E-state index contributed by atoms with van der Waals surface area (Å²) in [5.41, 5.74) is 1.81. The van der Waals surface area contributed by atoms with E-state index in [2.05, 4.69) is 5.32 Å². The molecule has 0 unspecified atom stereocenters. The molecule has 2 N–H and O–H groups in total. The van der Waals surface area contributed by atoms with E-state index in [9.17, 15) is 9.90 Å². The quantitative estimate of drug-likeness (QED) is 0.887. The molecule has 0 fully saturated rings. The minimum atomic E-state index is -0.464. The monoisotopic (exact) mass is 286 g/mol. The lowest BCUT2D eigenvalue weighted by Crippen LogP contribution is -2.12. The van der Waals surface area contributed by atoms with Gasteiger partial charge in [0, 0.05) is 0 Å². The van der Waals surface area contributed by atoms with Crippen molar-refractivity contribution >= 4 is 23.2 Å². The zero-order chi connectivity index (χ0) is 14.7. The number of nitrogens with zero attached hydrogens (tertiary/aromatic N) is 1. The van der Waals surface area contributed by atoms with Crippen molar-refractivity contribution < 1.29 is 9.90 Å². The molecule has 0 aliphatic heterocycles. The average Bonchev–Trinajstić information content (AvgIpc) is 2.40. The number of nitrogens with one attached hydrogen (secondary N) is 1. The maximum absolute atomic E-state index is 12.1.